The number of pyridine rings is 1. The molecule has 0 saturated carbocycles. The highest BCUT2D eigenvalue weighted by molar-refractivity contribution is 7.99. The molecule has 2 aromatic carbocycles. The first-order valence-electron chi connectivity index (χ1n) is 9.88. The molecular weight excluding hydrogens is 399 g/mol. The quantitative estimate of drug-likeness (QED) is 0.493. The van der Waals surface area contributed by atoms with Crippen molar-refractivity contribution in [3.63, 3.8) is 0 Å². The number of amides is 1. The summed E-state index contributed by atoms with van der Waals surface area (Å²) in [5, 5.41) is 12.5. The molecule has 0 aliphatic heterocycles. The van der Waals surface area contributed by atoms with Gasteiger partial charge < -0.3 is 10.4 Å². The van der Waals surface area contributed by atoms with Gasteiger partial charge in [-0.2, -0.15) is 0 Å². The number of benzene rings is 2. The Morgan fingerprint density at radius 1 is 1.20 bits per heavy atom. The minimum atomic E-state index is -0.283. The van der Waals surface area contributed by atoms with E-state index in [0.717, 1.165) is 22.6 Å². The molecule has 0 radical (unpaired) electrons. The summed E-state index contributed by atoms with van der Waals surface area (Å²) in [5.74, 6) is 0.390. The van der Waals surface area contributed by atoms with Crippen LogP contribution in [0.4, 0.5) is 4.39 Å². The SMILES string of the molecule is CCCSc1ccc(-c2ncccc2CO)cc1C(=O)NCc1ccc(C)c(F)c1. The number of nitrogens with one attached hydrogen (secondary N) is 1. The number of thioether (sulfide) groups is 1. The molecule has 3 aromatic rings. The summed E-state index contributed by atoms with van der Waals surface area (Å²) < 4.78 is 13.8. The van der Waals surface area contributed by atoms with Crippen molar-refractivity contribution < 1.29 is 14.3 Å². The zero-order chi connectivity index (χ0) is 21.5. The van der Waals surface area contributed by atoms with Crippen molar-refractivity contribution in [2.24, 2.45) is 0 Å². The largest absolute Gasteiger partial charge is 0.392 e. The molecule has 0 spiro atoms. The number of aliphatic hydroxyl groups excluding tert-OH is 1. The third-order valence-corrected chi connectivity index (χ3v) is 5.99. The number of hydrogen-bond donors (Lipinski definition) is 2. The molecule has 156 valence electrons. The maximum Gasteiger partial charge on any atom is 0.252 e. The standard InChI is InChI=1S/C24H25FN2O2S/c1-3-11-30-22-9-8-18(23-19(15-28)5-4-10-26-23)13-20(22)24(29)27-14-17-7-6-16(2)21(25)12-17/h4-10,12-13,28H,3,11,14-15H2,1-2H3,(H,27,29). The van der Waals surface area contributed by atoms with Gasteiger partial charge in [0.1, 0.15) is 5.82 Å². The molecule has 0 unspecified atom stereocenters. The molecule has 0 fully saturated rings. The van der Waals surface area contributed by atoms with Gasteiger partial charge in [0.25, 0.3) is 5.91 Å². The van der Waals surface area contributed by atoms with Crippen LogP contribution in [0, 0.1) is 12.7 Å². The summed E-state index contributed by atoms with van der Waals surface area (Å²) in [6.45, 7) is 3.91. The van der Waals surface area contributed by atoms with Gasteiger partial charge >= 0.3 is 0 Å². The normalized spacial score (nSPS) is 10.8. The number of rotatable bonds is 8. The van der Waals surface area contributed by atoms with E-state index in [9.17, 15) is 14.3 Å². The zero-order valence-corrected chi connectivity index (χ0v) is 17.9. The fourth-order valence-electron chi connectivity index (χ4n) is 3.04. The van der Waals surface area contributed by atoms with Crippen LogP contribution in [0.25, 0.3) is 11.3 Å². The van der Waals surface area contributed by atoms with Crippen LogP contribution in [0.15, 0.2) is 59.6 Å². The van der Waals surface area contributed by atoms with Gasteiger partial charge in [0.2, 0.25) is 0 Å². The lowest BCUT2D eigenvalue weighted by atomic mass is 10.0. The average Bonchev–Trinajstić information content (AvgIpc) is 2.78. The van der Waals surface area contributed by atoms with E-state index in [1.54, 1.807) is 37.0 Å². The summed E-state index contributed by atoms with van der Waals surface area (Å²) in [6.07, 6.45) is 2.66. The second-order valence-corrected chi connectivity index (χ2v) is 8.13. The topological polar surface area (TPSA) is 62.2 Å². The van der Waals surface area contributed by atoms with Crippen molar-refractivity contribution in [1.29, 1.82) is 0 Å². The maximum atomic E-state index is 13.8. The fraction of sp³-hybridized carbons (Fsp3) is 0.250. The molecular formula is C24H25FN2O2S. The smallest absolute Gasteiger partial charge is 0.252 e. The van der Waals surface area contributed by atoms with E-state index in [2.05, 4.69) is 17.2 Å². The van der Waals surface area contributed by atoms with E-state index < -0.39 is 0 Å². The summed E-state index contributed by atoms with van der Waals surface area (Å²) in [5.41, 5.74) is 3.96. The minimum Gasteiger partial charge on any atom is -0.392 e. The molecule has 0 aliphatic carbocycles. The first-order valence-corrected chi connectivity index (χ1v) is 10.9. The third kappa shape index (κ3) is 5.26. The highest BCUT2D eigenvalue weighted by atomic mass is 32.2. The number of aryl methyl sites for hydroxylation is 1. The van der Waals surface area contributed by atoms with Crippen molar-refractivity contribution in [1.82, 2.24) is 10.3 Å². The average molecular weight is 425 g/mol. The first-order chi connectivity index (χ1) is 14.5. The van der Waals surface area contributed by atoms with Crippen molar-refractivity contribution in [2.45, 2.75) is 38.3 Å². The van der Waals surface area contributed by atoms with Crippen LogP contribution in [-0.2, 0) is 13.2 Å². The van der Waals surface area contributed by atoms with Gasteiger partial charge in [-0.05, 0) is 54.5 Å². The van der Waals surface area contributed by atoms with E-state index in [-0.39, 0.29) is 24.9 Å². The van der Waals surface area contributed by atoms with Crippen molar-refractivity contribution >= 4 is 17.7 Å². The van der Waals surface area contributed by atoms with Crippen LogP contribution in [0.2, 0.25) is 0 Å². The van der Waals surface area contributed by atoms with E-state index in [4.69, 9.17) is 0 Å². The van der Waals surface area contributed by atoms with E-state index in [1.807, 2.05) is 30.3 Å². The molecule has 0 bridgehead atoms. The van der Waals surface area contributed by atoms with E-state index in [0.29, 0.717) is 27.9 Å². The summed E-state index contributed by atoms with van der Waals surface area (Å²) in [7, 11) is 0. The number of carbonyl (C=O) groups is 1. The molecule has 2 N–H and O–H groups in total. The Labute approximate surface area is 180 Å². The zero-order valence-electron chi connectivity index (χ0n) is 17.1. The van der Waals surface area contributed by atoms with Crippen molar-refractivity contribution in [3.05, 3.63) is 82.8 Å². The third-order valence-electron chi connectivity index (χ3n) is 4.71. The number of carbonyl (C=O) groups excluding carboxylic acids is 1. The molecule has 6 heteroatoms. The Morgan fingerprint density at radius 2 is 2.03 bits per heavy atom. The van der Waals surface area contributed by atoms with E-state index >= 15 is 0 Å². The highest BCUT2D eigenvalue weighted by Crippen LogP contribution is 2.29. The first kappa shape index (κ1) is 22.0. The second-order valence-electron chi connectivity index (χ2n) is 6.99. The molecule has 0 saturated heterocycles. The molecule has 3 rings (SSSR count). The van der Waals surface area contributed by atoms with Crippen LogP contribution >= 0.6 is 11.8 Å². The maximum absolute atomic E-state index is 13.8. The van der Waals surface area contributed by atoms with Crippen molar-refractivity contribution in [3.8, 4) is 11.3 Å². The number of nitrogens with zero attached hydrogens (tertiary/aromatic N) is 1. The fourth-order valence-corrected chi connectivity index (χ4v) is 3.94. The van der Waals surface area contributed by atoms with Gasteiger partial charge in [0, 0.05) is 28.8 Å². The molecule has 0 aliphatic rings. The lowest BCUT2D eigenvalue weighted by Gasteiger charge is -2.13. The summed E-state index contributed by atoms with van der Waals surface area (Å²) in [6, 6.07) is 14.2. The molecule has 0 atom stereocenters. The number of aromatic nitrogens is 1. The van der Waals surface area contributed by atoms with Gasteiger partial charge in [-0.3, -0.25) is 9.78 Å². The van der Waals surface area contributed by atoms with E-state index in [1.165, 1.54) is 6.07 Å². The van der Waals surface area contributed by atoms with Crippen LogP contribution in [0.1, 0.15) is 40.4 Å². The predicted molar refractivity (Wildman–Crippen MR) is 119 cm³/mol. The van der Waals surface area contributed by atoms with Gasteiger partial charge in [0.15, 0.2) is 0 Å². The lowest BCUT2D eigenvalue weighted by molar-refractivity contribution is 0.0948. The Hall–Kier alpha value is -2.70. The molecule has 1 amide bonds. The van der Waals surface area contributed by atoms with Gasteiger partial charge in [-0.25, -0.2) is 4.39 Å². The Morgan fingerprint density at radius 3 is 2.77 bits per heavy atom. The lowest BCUT2D eigenvalue weighted by Crippen LogP contribution is -2.23. The van der Waals surface area contributed by atoms with Crippen LogP contribution in [0.5, 0.6) is 0 Å². The second kappa shape index (κ2) is 10.4. The van der Waals surface area contributed by atoms with Gasteiger partial charge in [0.05, 0.1) is 17.9 Å². The molecule has 30 heavy (non-hydrogen) atoms. The van der Waals surface area contributed by atoms with Gasteiger partial charge in [-0.15, -0.1) is 11.8 Å². The van der Waals surface area contributed by atoms with Crippen LogP contribution < -0.4 is 5.32 Å². The number of hydrogen-bond acceptors (Lipinski definition) is 4. The Kier molecular flexibility index (Phi) is 7.60. The Bertz CT molecular complexity index is 1040. The predicted octanol–water partition coefficient (Wildman–Crippen LogP) is 5.12. The monoisotopic (exact) mass is 424 g/mol. The number of aliphatic hydroxyl groups is 1. The van der Waals surface area contributed by atoms with Crippen molar-refractivity contribution in [2.75, 3.05) is 5.75 Å². The van der Waals surface area contributed by atoms with Gasteiger partial charge in [-0.1, -0.05) is 31.2 Å². The molecule has 1 aromatic heterocycles. The molecule has 1 heterocycles. The number of halogens is 1. The molecule has 4 nitrogen and oxygen atoms in total. The summed E-state index contributed by atoms with van der Waals surface area (Å²) in [4.78, 5) is 18.3. The Balaban J connectivity index is 1.89. The van der Waals surface area contributed by atoms with Crippen LogP contribution in [0.3, 0.4) is 0 Å². The van der Waals surface area contributed by atoms with Crippen LogP contribution in [-0.4, -0.2) is 21.8 Å². The minimum absolute atomic E-state index is 0.129. The summed E-state index contributed by atoms with van der Waals surface area (Å²) >= 11 is 1.62. The highest BCUT2D eigenvalue weighted by Gasteiger charge is 2.15.